The van der Waals surface area contributed by atoms with Crippen molar-refractivity contribution in [2.24, 2.45) is 0 Å². The zero-order valence-corrected chi connectivity index (χ0v) is 26.2. The van der Waals surface area contributed by atoms with Crippen molar-refractivity contribution in [1.82, 2.24) is 24.9 Å². The van der Waals surface area contributed by atoms with Gasteiger partial charge >= 0.3 is 0 Å². The summed E-state index contributed by atoms with van der Waals surface area (Å²) < 4.78 is 0. The Kier molecular flexibility index (Phi) is 7.99. The molecular weight excluding hydrogens is 587 g/mol. The molecule has 0 bridgehead atoms. The average Bonchev–Trinajstić information content (AvgIpc) is 3.19. The molecule has 8 rings (SSSR count). The summed E-state index contributed by atoms with van der Waals surface area (Å²) in [6.07, 6.45) is 12.5. The highest BCUT2D eigenvalue weighted by Gasteiger charge is 2.16. The first-order valence-electron chi connectivity index (χ1n) is 16.1. The Balaban J connectivity index is 1.32. The van der Waals surface area contributed by atoms with Crippen LogP contribution in [-0.2, 0) is 0 Å². The fourth-order valence-corrected chi connectivity index (χ4v) is 6.01. The lowest BCUT2D eigenvalue weighted by atomic mass is 9.93. The van der Waals surface area contributed by atoms with Gasteiger partial charge in [-0.05, 0) is 89.7 Å². The standard InChI is InChI=1S/C43H31N5/c1-3-13-30(14-4-1)36-27-37(31-15-5-2-6-16-31)29-38(28-36)43-47-41(34-19-11-17-32(25-34)39-21-7-9-23-44-39)46-42(48-43)35-20-12-18-33(26-35)40-22-8-10-24-45-40/h1,3-5,7-29H,2,6H2. The molecule has 0 saturated heterocycles. The zero-order valence-electron chi connectivity index (χ0n) is 26.2. The number of rotatable bonds is 7. The third kappa shape index (κ3) is 6.22. The van der Waals surface area contributed by atoms with Gasteiger partial charge in [-0.1, -0.05) is 97.1 Å². The normalized spacial score (nSPS) is 12.5. The monoisotopic (exact) mass is 617 g/mol. The van der Waals surface area contributed by atoms with E-state index in [1.54, 1.807) is 0 Å². The van der Waals surface area contributed by atoms with Crippen LogP contribution < -0.4 is 0 Å². The predicted octanol–water partition coefficient (Wildman–Crippen LogP) is 10.4. The second-order valence-electron chi connectivity index (χ2n) is 11.7. The van der Waals surface area contributed by atoms with Gasteiger partial charge in [0.15, 0.2) is 17.5 Å². The van der Waals surface area contributed by atoms with Crippen LogP contribution in [0.15, 0.2) is 164 Å². The van der Waals surface area contributed by atoms with Crippen LogP contribution in [-0.4, -0.2) is 24.9 Å². The fourth-order valence-electron chi connectivity index (χ4n) is 6.01. The largest absolute Gasteiger partial charge is 0.256 e. The van der Waals surface area contributed by atoms with Gasteiger partial charge in [-0.2, -0.15) is 0 Å². The number of hydrogen-bond acceptors (Lipinski definition) is 5. The second kappa shape index (κ2) is 13.2. The van der Waals surface area contributed by atoms with Crippen molar-refractivity contribution in [3.05, 3.63) is 170 Å². The van der Waals surface area contributed by atoms with Gasteiger partial charge in [-0.25, -0.2) is 15.0 Å². The van der Waals surface area contributed by atoms with Crippen LogP contribution >= 0.6 is 0 Å². The molecule has 3 heterocycles. The molecule has 3 aromatic heterocycles. The molecular formula is C43H31N5. The van der Waals surface area contributed by atoms with E-state index in [2.05, 4.69) is 94.9 Å². The highest BCUT2D eigenvalue weighted by atomic mass is 15.0. The summed E-state index contributed by atoms with van der Waals surface area (Å²) >= 11 is 0. The first kappa shape index (κ1) is 29.1. The van der Waals surface area contributed by atoms with Gasteiger partial charge in [-0.15, -0.1) is 0 Å². The maximum absolute atomic E-state index is 5.14. The molecule has 4 aromatic carbocycles. The van der Waals surface area contributed by atoms with Crippen LogP contribution in [0.4, 0.5) is 0 Å². The highest BCUT2D eigenvalue weighted by molar-refractivity contribution is 5.83. The molecule has 0 fully saturated rings. The minimum Gasteiger partial charge on any atom is -0.256 e. The topological polar surface area (TPSA) is 64.5 Å². The molecule has 0 amide bonds. The van der Waals surface area contributed by atoms with Crippen LogP contribution in [0, 0.1) is 0 Å². The summed E-state index contributed by atoms with van der Waals surface area (Å²) in [6, 6.07) is 45.4. The molecule has 0 N–H and O–H groups in total. The van der Waals surface area contributed by atoms with Crippen molar-refractivity contribution in [3.63, 3.8) is 0 Å². The molecule has 0 saturated carbocycles. The van der Waals surface area contributed by atoms with E-state index in [-0.39, 0.29) is 0 Å². The number of allylic oxidation sites excluding steroid dienone is 4. The Morgan fingerprint density at radius 2 is 0.875 bits per heavy atom. The van der Waals surface area contributed by atoms with E-state index in [1.807, 2.05) is 79.1 Å². The number of pyridine rings is 2. The SMILES string of the molecule is C1=CC(c2cc(-c3ccccc3)cc(-c3nc(-c4cccc(-c5ccccn5)c4)nc(-c4cccc(-c5ccccn5)c4)n3)c2)=CCC1. The van der Waals surface area contributed by atoms with Gasteiger partial charge in [-0.3, -0.25) is 9.97 Å². The fraction of sp³-hybridized carbons (Fsp3) is 0.0465. The van der Waals surface area contributed by atoms with Crippen molar-refractivity contribution >= 4 is 5.57 Å². The van der Waals surface area contributed by atoms with Gasteiger partial charge in [0.05, 0.1) is 11.4 Å². The molecule has 228 valence electrons. The van der Waals surface area contributed by atoms with Gasteiger partial charge in [0, 0.05) is 40.2 Å². The van der Waals surface area contributed by atoms with Crippen LogP contribution in [0.2, 0.25) is 0 Å². The molecule has 0 unspecified atom stereocenters. The molecule has 5 heteroatoms. The predicted molar refractivity (Wildman–Crippen MR) is 194 cm³/mol. The van der Waals surface area contributed by atoms with Crippen molar-refractivity contribution in [3.8, 4) is 67.8 Å². The highest BCUT2D eigenvalue weighted by Crippen LogP contribution is 2.34. The van der Waals surface area contributed by atoms with Crippen molar-refractivity contribution in [2.75, 3.05) is 0 Å². The van der Waals surface area contributed by atoms with Gasteiger partial charge in [0.1, 0.15) is 0 Å². The van der Waals surface area contributed by atoms with Gasteiger partial charge in [0.2, 0.25) is 0 Å². The number of aromatic nitrogens is 5. The second-order valence-corrected chi connectivity index (χ2v) is 11.7. The molecule has 0 atom stereocenters. The Labute approximate surface area is 280 Å². The lowest BCUT2D eigenvalue weighted by molar-refractivity contribution is 1.04. The van der Waals surface area contributed by atoms with Crippen LogP contribution in [0.3, 0.4) is 0 Å². The number of hydrogen-bond donors (Lipinski definition) is 0. The number of nitrogens with zero attached hydrogens (tertiary/aromatic N) is 5. The smallest absolute Gasteiger partial charge is 0.164 e. The quantitative estimate of drug-likeness (QED) is 0.178. The summed E-state index contributed by atoms with van der Waals surface area (Å²) in [5.41, 5.74) is 11.1. The third-order valence-corrected chi connectivity index (χ3v) is 8.42. The zero-order chi connectivity index (χ0) is 32.1. The van der Waals surface area contributed by atoms with Crippen LogP contribution in [0.1, 0.15) is 18.4 Å². The summed E-state index contributed by atoms with van der Waals surface area (Å²) in [5.74, 6) is 1.81. The Morgan fingerprint density at radius 1 is 0.375 bits per heavy atom. The molecule has 48 heavy (non-hydrogen) atoms. The van der Waals surface area contributed by atoms with E-state index in [9.17, 15) is 0 Å². The molecule has 1 aliphatic rings. The summed E-state index contributed by atoms with van der Waals surface area (Å²) in [7, 11) is 0. The van der Waals surface area contributed by atoms with E-state index in [4.69, 9.17) is 15.0 Å². The minimum atomic E-state index is 0.597. The molecule has 0 aliphatic heterocycles. The molecule has 7 aromatic rings. The van der Waals surface area contributed by atoms with Crippen LogP contribution in [0.5, 0.6) is 0 Å². The maximum atomic E-state index is 5.14. The molecule has 5 nitrogen and oxygen atoms in total. The maximum Gasteiger partial charge on any atom is 0.164 e. The van der Waals surface area contributed by atoms with Crippen LogP contribution in [0.25, 0.3) is 73.4 Å². The first-order chi connectivity index (χ1) is 23.8. The van der Waals surface area contributed by atoms with Gasteiger partial charge < -0.3 is 0 Å². The Bertz CT molecular complexity index is 2180. The van der Waals surface area contributed by atoms with Crippen molar-refractivity contribution in [1.29, 1.82) is 0 Å². The van der Waals surface area contributed by atoms with Crippen molar-refractivity contribution < 1.29 is 0 Å². The Hall–Kier alpha value is -6.33. The van der Waals surface area contributed by atoms with E-state index in [0.717, 1.165) is 68.7 Å². The molecule has 0 spiro atoms. The van der Waals surface area contributed by atoms with E-state index in [0.29, 0.717) is 17.5 Å². The molecule has 1 aliphatic carbocycles. The summed E-state index contributed by atoms with van der Waals surface area (Å²) in [5, 5.41) is 0. The molecule has 0 radical (unpaired) electrons. The third-order valence-electron chi connectivity index (χ3n) is 8.42. The first-order valence-corrected chi connectivity index (χ1v) is 16.1. The van der Waals surface area contributed by atoms with E-state index in [1.165, 1.54) is 5.57 Å². The van der Waals surface area contributed by atoms with Gasteiger partial charge in [0.25, 0.3) is 0 Å². The van der Waals surface area contributed by atoms with E-state index < -0.39 is 0 Å². The number of benzene rings is 4. The lowest BCUT2D eigenvalue weighted by Crippen LogP contribution is -2.01. The van der Waals surface area contributed by atoms with Crippen molar-refractivity contribution in [2.45, 2.75) is 12.8 Å². The average molecular weight is 618 g/mol. The summed E-state index contributed by atoms with van der Waals surface area (Å²) in [4.78, 5) is 24.5. The minimum absolute atomic E-state index is 0.597. The summed E-state index contributed by atoms with van der Waals surface area (Å²) in [6.45, 7) is 0. The van der Waals surface area contributed by atoms with E-state index >= 15 is 0 Å². The lowest BCUT2D eigenvalue weighted by Gasteiger charge is -2.14. The Morgan fingerprint density at radius 3 is 1.44 bits per heavy atom.